The van der Waals surface area contributed by atoms with Gasteiger partial charge in [0.2, 0.25) is 0 Å². The molecule has 1 amide bonds. The molecule has 2 heterocycles. The van der Waals surface area contributed by atoms with E-state index in [-0.39, 0.29) is 12.1 Å². The first-order valence-electron chi connectivity index (χ1n) is 7.47. The maximum absolute atomic E-state index is 12.0. The van der Waals surface area contributed by atoms with E-state index < -0.39 is 5.60 Å². The topological polar surface area (TPSA) is 54.5 Å². The summed E-state index contributed by atoms with van der Waals surface area (Å²) in [5.41, 5.74) is 2.56. The molecular formula is C15H23N3O2S. The third kappa shape index (κ3) is 3.21. The molecule has 21 heavy (non-hydrogen) atoms. The summed E-state index contributed by atoms with van der Waals surface area (Å²) in [6.45, 7) is 9.47. The number of nitrogens with one attached hydrogen (secondary N) is 1. The van der Waals surface area contributed by atoms with E-state index in [1.807, 2.05) is 31.2 Å². The van der Waals surface area contributed by atoms with Crippen LogP contribution in [-0.4, -0.2) is 40.7 Å². The van der Waals surface area contributed by atoms with Crippen molar-refractivity contribution in [3.05, 3.63) is 16.6 Å². The van der Waals surface area contributed by atoms with E-state index in [1.54, 1.807) is 11.3 Å². The zero-order chi connectivity index (χ0) is 15.2. The highest BCUT2D eigenvalue weighted by Crippen LogP contribution is 2.46. The fourth-order valence-electron chi connectivity index (χ4n) is 3.06. The lowest BCUT2D eigenvalue weighted by Gasteiger charge is -2.26. The monoisotopic (exact) mass is 309 g/mol. The Morgan fingerprint density at radius 2 is 2.14 bits per heavy atom. The summed E-state index contributed by atoms with van der Waals surface area (Å²) in [5.74, 6) is 1.14. The molecule has 2 aliphatic rings. The van der Waals surface area contributed by atoms with Crippen LogP contribution >= 0.6 is 11.3 Å². The molecule has 1 saturated heterocycles. The summed E-state index contributed by atoms with van der Waals surface area (Å²) in [5, 5.41) is 5.72. The Morgan fingerprint density at radius 1 is 1.48 bits per heavy atom. The summed E-state index contributed by atoms with van der Waals surface area (Å²) < 4.78 is 5.42. The molecule has 1 N–H and O–H groups in total. The third-order valence-corrected chi connectivity index (χ3v) is 4.79. The lowest BCUT2D eigenvalue weighted by molar-refractivity contribution is 0.0268. The average Bonchev–Trinajstić information content (AvgIpc) is 2.87. The molecular weight excluding hydrogens is 286 g/mol. The molecule has 6 heteroatoms. The minimum Gasteiger partial charge on any atom is -0.444 e. The van der Waals surface area contributed by atoms with E-state index in [0.717, 1.165) is 18.8 Å². The number of thiazole rings is 1. The SMILES string of the molecule is CC(NC1C2CN(C(=O)OC(C)(C)C)CC21)c1cscn1. The Kier molecular flexibility index (Phi) is 3.69. The van der Waals surface area contributed by atoms with Crippen molar-refractivity contribution >= 4 is 17.4 Å². The van der Waals surface area contributed by atoms with Crippen LogP contribution in [0.15, 0.2) is 10.9 Å². The van der Waals surface area contributed by atoms with Crippen molar-refractivity contribution in [2.24, 2.45) is 11.8 Å². The molecule has 5 nitrogen and oxygen atoms in total. The van der Waals surface area contributed by atoms with Gasteiger partial charge in [0.05, 0.1) is 11.2 Å². The van der Waals surface area contributed by atoms with Gasteiger partial charge in [0, 0.05) is 30.6 Å². The van der Waals surface area contributed by atoms with Gasteiger partial charge in [-0.3, -0.25) is 0 Å². The van der Waals surface area contributed by atoms with Crippen molar-refractivity contribution in [3.63, 3.8) is 0 Å². The number of amides is 1. The summed E-state index contributed by atoms with van der Waals surface area (Å²) in [6.07, 6.45) is -0.180. The first-order chi connectivity index (χ1) is 9.85. The largest absolute Gasteiger partial charge is 0.444 e. The predicted octanol–water partition coefficient (Wildman–Crippen LogP) is 2.66. The van der Waals surface area contributed by atoms with Gasteiger partial charge in [-0.25, -0.2) is 9.78 Å². The molecule has 0 spiro atoms. The van der Waals surface area contributed by atoms with Gasteiger partial charge in [-0.2, -0.15) is 0 Å². The van der Waals surface area contributed by atoms with Crippen LogP contribution in [0.25, 0.3) is 0 Å². The molecule has 0 aromatic carbocycles. The molecule has 1 aromatic heterocycles. The maximum atomic E-state index is 12.0. The Hall–Kier alpha value is -1.14. The predicted molar refractivity (Wildman–Crippen MR) is 82.2 cm³/mol. The zero-order valence-electron chi connectivity index (χ0n) is 13.0. The lowest BCUT2D eigenvalue weighted by Crippen LogP contribution is -2.39. The van der Waals surface area contributed by atoms with Gasteiger partial charge in [0.15, 0.2) is 0 Å². The van der Waals surface area contributed by atoms with Crippen LogP contribution < -0.4 is 5.32 Å². The Bertz CT molecular complexity index is 499. The van der Waals surface area contributed by atoms with E-state index in [2.05, 4.69) is 22.6 Å². The van der Waals surface area contributed by atoms with Crippen LogP contribution in [-0.2, 0) is 4.74 Å². The molecule has 2 fully saturated rings. The van der Waals surface area contributed by atoms with Crippen molar-refractivity contribution in [2.45, 2.75) is 45.4 Å². The van der Waals surface area contributed by atoms with Gasteiger partial charge in [0.1, 0.15) is 5.60 Å². The van der Waals surface area contributed by atoms with E-state index in [1.165, 1.54) is 0 Å². The van der Waals surface area contributed by atoms with Crippen LogP contribution in [0.5, 0.6) is 0 Å². The second-order valence-electron chi connectivity index (χ2n) is 7.04. The van der Waals surface area contributed by atoms with Gasteiger partial charge < -0.3 is 15.0 Å². The van der Waals surface area contributed by atoms with Crippen LogP contribution in [0, 0.1) is 11.8 Å². The van der Waals surface area contributed by atoms with E-state index in [9.17, 15) is 4.79 Å². The number of carbonyl (C=O) groups is 1. The number of piperidine rings is 1. The molecule has 0 radical (unpaired) electrons. The number of rotatable bonds is 3. The highest BCUT2D eigenvalue weighted by Gasteiger charge is 2.57. The molecule has 3 unspecified atom stereocenters. The van der Waals surface area contributed by atoms with Gasteiger partial charge in [-0.15, -0.1) is 11.3 Å². The molecule has 0 bridgehead atoms. The summed E-state index contributed by atoms with van der Waals surface area (Å²) >= 11 is 1.63. The Morgan fingerprint density at radius 3 is 2.67 bits per heavy atom. The number of likely N-dealkylation sites (tertiary alicyclic amines) is 1. The van der Waals surface area contributed by atoms with Crippen LogP contribution in [0.3, 0.4) is 0 Å². The normalized spacial score (nSPS) is 29.1. The van der Waals surface area contributed by atoms with Gasteiger partial charge >= 0.3 is 6.09 Å². The third-order valence-electron chi connectivity index (χ3n) is 4.18. The summed E-state index contributed by atoms with van der Waals surface area (Å²) in [4.78, 5) is 18.2. The number of carbonyl (C=O) groups excluding carboxylic acids is 1. The number of hydrogen-bond donors (Lipinski definition) is 1. The van der Waals surface area contributed by atoms with Gasteiger partial charge in [-0.1, -0.05) is 0 Å². The molecule has 3 atom stereocenters. The van der Waals surface area contributed by atoms with Crippen molar-refractivity contribution in [1.82, 2.24) is 15.2 Å². The highest BCUT2D eigenvalue weighted by molar-refractivity contribution is 7.07. The zero-order valence-corrected chi connectivity index (χ0v) is 13.8. The molecule has 1 aliphatic carbocycles. The van der Waals surface area contributed by atoms with Crippen molar-refractivity contribution in [2.75, 3.05) is 13.1 Å². The highest BCUT2D eigenvalue weighted by atomic mass is 32.1. The molecule has 116 valence electrons. The molecule has 1 aromatic rings. The van der Waals surface area contributed by atoms with Crippen molar-refractivity contribution < 1.29 is 9.53 Å². The van der Waals surface area contributed by atoms with Crippen LogP contribution in [0.4, 0.5) is 4.79 Å². The average molecular weight is 309 g/mol. The number of aromatic nitrogens is 1. The molecule has 1 aliphatic heterocycles. The second-order valence-corrected chi connectivity index (χ2v) is 7.76. The fraction of sp³-hybridized carbons (Fsp3) is 0.733. The second kappa shape index (κ2) is 5.25. The smallest absolute Gasteiger partial charge is 0.410 e. The van der Waals surface area contributed by atoms with E-state index in [0.29, 0.717) is 17.9 Å². The molecule has 3 rings (SSSR count). The maximum Gasteiger partial charge on any atom is 0.410 e. The van der Waals surface area contributed by atoms with Gasteiger partial charge in [-0.05, 0) is 39.5 Å². The quantitative estimate of drug-likeness (QED) is 0.932. The Labute approximate surface area is 129 Å². The number of ether oxygens (including phenoxy) is 1. The Balaban J connectivity index is 1.47. The fourth-order valence-corrected chi connectivity index (χ4v) is 3.71. The first-order valence-corrected chi connectivity index (χ1v) is 8.41. The minimum atomic E-state index is -0.416. The summed E-state index contributed by atoms with van der Waals surface area (Å²) in [6, 6.07) is 0.794. The number of hydrogen-bond acceptors (Lipinski definition) is 5. The van der Waals surface area contributed by atoms with Crippen molar-refractivity contribution in [3.8, 4) is 0 Å². The van der Waals surface area contributed by atoms with Gasteiger partial charge in [0.25, 0.3) is 0 Å². The summed E-state index contributed by atoms with van der Waals surface area (Å²) in [7, 11) is 0. The van der Waals surface area contributed by atoms with E-state index >= 15 is 0 Å². The standard InChI is InChI=1S/C15H23N3O2S/c1-9(12-7-21-8-16-12)17-13-10-5-18(6-11(10)13)14(19)20-15(2,3)4/h7-11,13,17H,5-6H2,1-4H3. The van der Waals surface area contributed by atoms with Crippen LogP contribution in [0.1, 0.15) is 39.4 Å². The lowest BCUT2D eigenvalue weighted by atomic mass is 10.2. The molecule has 1 saturated carbocycles. The number of nitrogens with zero attached hydrogens (tertiary/aromatic N) is 2. The number of fused-ring (bicyclic) bond motifs is 1. The first kappa shape index (κ1) is 14.8. The van der Waals surface area contributed by atoms with Crippen molar-refractivity contribution in [1.29, 1.82) is 0 Å². The van der Waals surface area contributed by atoms with E-state index in [4.69, 9.17) is 4.74 Å². The minimum absolute atomic E-state index is 0.180. The van der Waals surface area contributed by atoms with Crippen LogP contribution in [0.2, 0.25) is 0 Å².